The first-order valence-corrected chi connectivity index (χ1v) is 5.44. The molecule has 4 nitrogen and oxygen atoms in total. The van der Waals surface area contributed by atoms with Crippen molar-refractivity contribution in [2.75, 3.05) is 26.8 Å². The summed E-state index contributed by atoms with van der Waals surface area (Å²) in [6.45, 7) is 6.45. The third kappa shape index (κ3) is 3.18. The zero-order chi connectivity index (χ0) is 11.5. The standard InChI is InChI=1S/C11H21NO3/c1-11(2)5-4-9(10(13)14)8-12(11)6-7-15-3/h9H,4-8H2,1-3H3,(H,13,14). The topological polar surface area (TPSA) is 49.8 Å². The zero-order valence-corrected chi connectivity index (χ0v) is 9.82. The highest BCUT2D eigenvalue weighted by Crippen LogP contribution is 2.30. The molecule has 1 heterocycles. The van der Waals surface area contributed by atoms with Crippen molar-refractivity contribution < 1.29 is 14.6 Å². The predicted octanol–water partition coefficient (Wildman–Crippen LogP) is 1.21. The summed E-state index contributed by atoms with van der Waals surface area (Å²) < 4.78 is 5.04. The number of likely N-dealkylation sites (tertiary alicyclic amines) is 1. The van der Waals surface area contributed by atoms with Crippen LogP contribution in [-0.4, -0.2) is 48.3 Å². The molecular weight excluding hydrogens is 194 g/mol. The van der Waals surface area contributed by atoms with Crippen LogP contribution in [0.5, 0.6) is 0 Å². The third-order valence-electron chi connectivity index (χ3n) is 3.32. The van der Waals surface area contributed by atoms with Crippen LogP contribution in [0.4, 0.5) is 0 Å². The minimum Gasteiger partial charge on any atom is -0.481 e. The molecule has 15 heavy (non-hydrogen) atoms. The Morgan fingerprint density at radius 3 is 2.80 bits per heavy atom. The van der Waals surface area contributed by atoms with E-state index in [9.17, 15) is 4.79 Å². The van der Waals surface area contributed by atoms with Crippen molar-refractivity contribution in [1.82, 2.24) is 4.90 Å². The van der Waals surface area contributed by atoms with E-state index in [1.165, 1.54) is 0 Å². The maximum Gasteiger partial charge on any atom is 0.307 e. The number of carbonyl (C=O) groups is 1. The SMILES string of the molecule is COCCN1CC(C(=O)O)CCC1(C)C. The van der Waals surface area contributed by atoms with Gasteiger partial charge in [0.05, 0.1) is 12.5 Å². The highest BCUT2D eigenvalue weighted by molar-refractivity contribution is 5.70. The number of hydrogen-bond acceptors (Lipinski definition) is 3. The van der Waals surface area contributed by atoms with Crippen molar-refractivity contribution in [2.45, 2.75) is 32.2 Å². The molecule has 0 aliphatic carbocycles. The van der Waals surface area contributed by atoms with Crippen LogP contribution in [0, 0.1) is 5.92 Å². The fourth-order valence-electron chi connectivity index (χ4n) is 2.09. The maximum absolute atomic E-state index is 10.9. The van der Waals surface area contributed by atoms with Crippen LogP contribution in [0.3, 0.4) is 0 Å². The van der Waals surface area contributed by atoms with Gasteiger partial charge in [0, 0.05) is 25.7 Å². The molecule has 1 aliphatic rings. The molecule has 88 valence electrons. The fourth-order valence-corrected chi connectivity index (χ4v) is 2.09. The molecule has 0 bridgehead atoms. The number of nitrogens with zero attached hydrogens (tertiary/aromatic N) is 1. The summed E-state index contributed by atoms with van der Waals surface area (Å²) in [6, 6.07) is 0. The smallest absolute Gasteiger partial charge is 0.307 e. The molecule has 1 atom stereocenters. The predicted molar refractivity (Wildman–Crippen MR) is 57.9 cm³/mol. The molecule has 1 aliphatic heterocycles. The van der Waals surface area contributed by atoms with Gasteiger partial charge in [-0.25, -0.2) is 0 Å². The average Bonchev–Trinajstić information content (AvgIpc) is 2.15. The molecule has 0 aromatic rings. The Morgan fingerprint density at radius 2 is 2.27 bits per heavy atom. The first-order chi connectivity index (χ1) is 6.97. The Labute approximate surface area is 91.2 Å². The number of ether oxygens (including phenoxy) is 1. The Morgan fingerprint density at radius 1 is 1.60 bits per heavy atom. The molecule has 1 rings (SSSR count). The lowest BCUT2D eigenvalue weighted by molar-refractivity contribution is -0.145. The van der Waals surface area contributed by atoms with Gasteiger partial charge in [0.15, 0.2) is 0 Å². The first kappa shape index (κ1) is 12.5. The Bertz CT molecular complexity index is 228. The van der Waals surface area contributed by atoms with Gasteiger partial charge >= 0.3 is 5.97 Å². The van der Waals surface area contributed by atoms with Gasteiger partial charge in [0.1, 0.15) is 0 Å². The van der Waals surface area contributed by atoms with E-state index in [0.29, 0.717) is 13.2 Å². The molecule has 0 saturated carbocycles. The van der Waals surface area contributed by atoms with E-state index in [1.807, 2.05) is 0 Å². The summed E-state index contributed by atoms with van der Waals surface area (Å²) in [4.78, 5) is 13.1. The molecule has 0 spiro atoms. The van der Waals surface area contributed by atoms with Crippen LogP contribution >= 0.6 is 0 Å². The van der Waals surface area contributed by atoms with Crippen molar-refractivity contribution in [3.05, 3.63) is 0 Å². The van der Waals surface area contributed by atoms with E-state index in [0.717, 1.165) is 19.4 Å². The van der Waals surface area contributed by atoms with Crippen molar-refractivity contribution in [2.24, 2.45) is 5.92 Å². The third-order valence-corrected chi connectivity index (χ3v) is 3.32. The Kier molecular flexibility index (Phi) is 4.11. The van der Waals surface area contributed by atoms with Gasteiger partial charge in [-0.15, -0.1) is 0 Å². The second-order valence-corrected chi connectivity index (χ2v) is 4.83. The molecule has 4 heteroatoms. The number of methoxy groups -OCH3 is 1. The van der Waals surface area contributed by atoms with Crippen LogP contribution in [-0.2, 0) is 9.53 Å². The summed E-state index contributed by atoms with van der Waals surface area (Å²) in [6.07, 6.45) is 1.72. The van der Waals surface area contributed by atoms with Gasteiger partial charge in [0.25, 0.3) is 0 Å². The molecular formula is C11H21NO3. The summed E-state index contributed by atoms with van der Waals surface area (Å²) in [5, 5.41) is 8.99. The number of aliphatic carboxylic acids is 1. The molecule has 0 aromatic heterocycles. The molecule has 1 saturated heterocycles. The molecule has 1 unspecified atom stereocenters. The van der Waals surface area contributed by atoms with Gasteiger partial charge in [-0.3, -0.25) is 9.69 Å². The van der Waals surface area contributed by atoms with Crippen LogP contribution in [0.2, 0.25) is 0 Å². The monoisotopic (exact) mass is 215 g/mol. The van der Waals surface area contributed by atoms with Gasteiger partial charge in [-0.2, -0.15) is 0 Å². The number of carboxylic acids is 1. The second kappa shape index (κ2) is 4.94. The fraction of sp³-hybridized carbons (Fsp3) is 0.909. The van der Waals surface area contributed by atoms with Crippen molar-refractivity contribution in [1.29, 1.82) is 0 Å². The van der Waals surface area contributed by atoms with Crippen LogP contribution in [0.15, 0.2) is 0 Å². The summed E-state index contributed by atoms with van der Waals surface area (Å²) >= 11 is 0. The normalized spacial score (nSPS) is 26.5. The van der Waals surface area contributed by atoms with E-state index in [4.69, 9.17) is 9.84 Å². The zero-order valence-electron chi connectivity index (χ0n) is 9.82. The Hall–Kier alpha value is -0.610. The van der Waals surface area contributed by atoms with Gasteiger partial charge in [-0.05, 0) is 26.7 Å². The minimum absolute atomic E-state index is 0.102. The molecule has 0 radical (unpaired) electrons. The van der Waals surface area contributed by atoms with E-state index < -0.39 is 5.97 Å². The first-order valence-electron chi connectivity index (χ1n) is 5.44. The van der Waals surface area contributed by atoms with E-state index in [1.54, 1.807) is 7.11 Å². The molecule has 0 aromatic carbocycles. The number of carboxylic acid groups (broad SMARTS) is 1. The highest BCUT2D eigenvalue weighted by Gasteiger charge is 2.36. The summed E-state index contributed by atoms with van der Waals surface area (Å²) in [7, 11) is 1.67. The van der Waals surface area contributed by atoms with E-state index in [-0.39, 0.29) is 11.5 Å². The molecule has 1 fully saturated rings. The highest BCUT2D eigenvalue weighted by atomic mass is 16.5. The van der Waals surface area contributed by atoms with Gasteiger partial charge < -0.3 is 9.84 Å². The molecule has 1 N–H and O–H groups in total. The van der Waals surface area contributed by atoms with Crippen LogP contribution in [0.1, 0.15) is 26.7 Å². The quantitative estimate of drug-likeness (QED) is 0.765. The number of hydrogen-bond donors (Lipinski definition) is 1. The van der Waals surface area contributed by atoms with Crippen molar-refractivity contribution in [3.63, 3.8) is 0 Å². The summed E-state index contributed by atoms with van der Waals surface area (Å²) in [5.41, 5.74) is 0.102. The van der Waals surface area contributed by atoms with Crippen molar-refractivity contribution in [3.8, 4) is 0 Å². The lowest BCUT2D eigenvalue weighted by atomic mass is 9.85. The largest absolute Gasteiger partial charge is 0.481 e. The van der Waals surface area contributed by atoms with E-state index >= 15 is 0 Å². The number of piperidine rings is 1. The molecule has 0 amide bonds. The van der Waals surface area contributed by atoms with Crippen LogP contribution < -0.4 is 0 Å². The van der Waals surface area contributed by atoms with E-state index in [2.05, 4.69) is 18.7 Å². The maximum atomic E-state index is 10.9. The lowest BCUT2D eigenvalue weighted by Gasteiger charge is -2.44. The second-order valence-electron chi connectivity index (χ2n) is 4.83. The Balaban J connectivity index is 2.57. The van der Waals surface area contributed by atoms with Crippen LogP contribution in [0.25, 0.3) is 0 Å². The van der Waals surface area contributed by atoms with Gasteiger partial charge in [-0.1, -0.05) is 0 Å². The minimum atomic E-state index is -0.673. The number of rotatable bonds is 4. The lowest BCUT2D eigenvalue weighted by Crippen LogP contribution is -2.52. The van der Waals surface area contributed by atoms with Gasteiger partial charge in [0.2, 0.25) is 0 Å². The summed E-state index contributed by atoms with van der Waals surface area (Å²) in [5.74, 6) is -0.886. The van der Waals surface area contributed by atoms with Crippen molar-refractivity contribution >= 4 is 5.97 Å². The average molecular weight is 215 g/mol.